The number of aromatic nitrogens is 3. The van der Waals surface area contributed by atoms with E-state index in [1.165, 1.54) is 9.58 Å². The van der Waals surface area contributed by atoms with Crippen molar-refractivity contribution in [3.8, 4) is 11.6 Å². The Hall–Kier alpha value is -3.96. The molecule has 0 saturated heterocycles. The molecule has 0 spiro atoms. The first kappa shape index (κ1) is 31.0. The van der Waals surface area contributed by atoms with Crippen molar-refractivity contribution in [2.75, 3.05) is 4.90 Å². The van der Waals surface area contributed by atoms with Crippen LogP contribution in [-0.2, 0) is 17.5 Å². The lowest BCUT2D eigenvalue weighted by Crippen LogP contribution is -2.43. The predicted octanol–water partition coefficient (Wildman–Crippen LogP) is 7.16. The van der Waals surface area contributed by atoms with Crippen molar-refractivity contribution < 1.29 is 37.0 Å². The molecule has 0 bridgehead atoms. The first-order chi connectivity index (χ1) is 19.6. The number of halogens is 4. The summed E-state index contributed by atoms with van der Waals surface area (Å²) < 4.78 is 64.3. The lowest BCUT2D eigenvalue weighted by molar-refractivity contribution is -0.139. The van der Waals surface area contributed by atoms with Gasteiger partial charge in [-0.05, 0) is 77.0 Å². The molecule has 0 atom stereocenters. The fourth-order valence-corrected chi connectivity index (χ4v) is 5.33. The monoisotopic (exact) mass is 590 g/mol. The number of carbonyl (C=O) groups is 2. The van der Waals surface area contributed by atoms with Crippen molar-refractivity contribution in [1.82, 2.24) is 14.8 Å². The lowest BCUT2D eigenvalue weighted by Gasteiger charge is -2.34. The zero-order valence-electron chi connectivity index (χ0n) is 24.1. The molecule has 1 saturated carbocycles. The van der Waals surface area contributed by atoms with Crippen LogP contribution in [0.4, 0.5) is 23.2 Å². The lowest BCUT2D eigenvalue weighted by atomic mass is 9.82. The summed E-state index contributed by atoms with van der Waals surface area (Å²) in [6, 6.07) is 3.74. The molecule has 3 aromatic rings. The van der Waals surface area contributed by atoms with Gasteiger partial charge in [0.25, 0.3) is 0 Å². The number of rotatable bonds is 8. The number of anilines is 1. The Kier molecular flexibility index (Phi) is 8.93. The fraction of sp³-hybridized carbons (Fsp3) is 0.467. The number of pyridine rings is 1. The Labute approximate surface area is 241 Å². The number of ether oxygens (including phenoxy) is 1. The summed E-state index contributed by atoms with van der Waals surface area (Å²) in [5, 5.41) is 14.2. The van der Waals surface area contributed by atoms with Crippen LogP contribution >= 0.6 is 0 Å². The minimum Gasteiger partial charge on any atom is -0.478 e. The van der Waals surface area contributed by atoms with E-state index in [-0.39, 0.29) is 29.6 Å². The molecule has 2 aromatic heterocycles. The Morgan fingerprint density at radius 2 is 1.79 bits per heavy atom. The minimum atomic E-state index is -4.90. The number of hydrogen-bond donors (Lipinski definition) is 1. The van der Waals surface area contributed by atoms with Gasteiger partial charge in [-0.25, -0.2) is 14.2 Å². The van der Waals surface area contributed by atoms with Crippen LogP contribution in [0.5, 0.6) is 11.6 Å². The standard InChI is InChI=1S/C30H34F4N4O4/c1-16(2)38(28(39)21-8-6-17(3)7-9-21)25-13-24(31)26(12-22(25)29(40)41)42-27-23(30(32,33)34)11-20(14-35-27)15-37-19(5)10-18(4)36-37/h10-14,16-17,21H,6-9,15H2,1-5H3,(H,40,41). The highest BCUT2D eigenvalue weighted by atomic mass is 19.4. The molecule has 1 aliphatic rings. The van der Waals surface area contributed by atoms with Gasteiger partial charge >= 0.3 is 12.1 Å². The van der Waals surface area contributed by atoms with E-state index in [0.29, 0.717) is 24.5 Å². The molecule has 0 aliphatic heterocycles. The molecule has 42 heavy (non-hydrogen) atoms. The molecule has 226 valence electrons. The second kappa shape index (κ2) is 12.1. The van der Waals surface area contributed by atoms with Crippen LogP contribution in [0.2, 0.25) is 0 Å². The molecule has 1 aromatic carbocycles. The number of amides is 1. The summed E-state index contributed by atoms with van der Waals surface area (Å²) in [6.45, 7) is 9.02. The average Bonchev–Trinajstić information content (AvgIpc) is 3.21. The molecule has 8 nitrogen and oxygen atoms in total. The maximum Gasteiger partial charge on any atom is 0.421 e. The normalized spacial score (nSPS) is 17.4. The number of benzene rings is 1. The van der Waals surface area contributed by atoms with Gasteiger partial charge in [-0.2, -0.15) is 18.3 Å². The van der Waals surface area contributed by atoms with Crippen molar-refractivity contribution in [3.63, 3.8) is 0 Å². The molecular formula is C30H34F4N4O4. The summed E-state index contributed by atoms with van der Waals surface area (Å²) in [7, 11) is 0. The summed E-state index contributed by atoms with van der Waals surface area (Å²) in [5.74, 6) is -4.49. The molecular weight excluding hydrogens is 556 g/mol. The minimum absolute atomic E-state index is 0.0151. The molecule has 4 rings (SSSR count). The van der Waals surface area contributed by atoms with Crippen molar-refractivity contribution in [2.45, 2.75) is 79.1 Å². The zero-order valence-corrected chi connectivity index (χ0v) is 24.1. The number of hydrogen-bond acceptors (Lipinski definition) is 5. The van der Waals surface area contributed by atoms with Crippen LogP contribution in [0.15, 0.2) is 30.5 Å². The first-order valence-electron chi connectivity index (χ1n) is 13.8. The largest absolute Gasteiger partial charge is 0.478 e. The summed E-state index contributed by atoms with van der Waals surface area (Å²) in [5.41, 5.74) is -0.284. The van der Waals surface area contributed by atoms with Crippen LogP contribution in [0.1, 0.15) is 79.3 Å². The highest BCUT2D eigenvalue weighted by Gasteiger charge is 2.37. The molecule has 0 unspecified atom stereocenters. The number of carbonyl (C=O) groups excluding carboxylic acids is 1. The predicted molar refractivity (Wildman–Crippen MR) is 147 cm³/mol. The number of aryl methyl sites for hydroxylation is 2. The maximum absolute atomic E-state index is 15.4. The van der Waals surface area contributed by atoms with Gasteiger partial charge in [0.2, 0.25) is 11.8 Å². The van der Waals surface area contributed by atoms with Crippen LogP contribution < -0.4 is 9.64 Å². The van der Waals surface area contributed by atoms with Gasteiger partial charge in [0.05, 0.1) is 23.5 Å². The van der Waals surface area contributed by atoms with Crippen LogP contribution in [0.25, 0.3) is 0 Å². The molecule has 1 fully saturated rings. The van der Waals surface area contributed by atoms with E-state index in [2.05, 4.69) is 17.0 Å². The Morgan fingerprint density at radius 1 is 1.12 bits per heavy atom. The maximum atomic E-state index is 15.4. The van der Waals surface area contributed by atoms with Gasteiger partial charge in [-0.1, -0.05) is 6.92 Å². The zero-order chi connectivity index (χ0) is 30.9. The Balaban J connectivity index is 1.70. The number of carboxylic acids is 1. The highest BCUT2D eigenvalue weighted by molar-refractivity contribution is 6.03. The van der Waals surface area contributed by atoms with Crippen LogP contribution in [0, 0.1) is 31.5 Å². The van der Waals surface area contributed by atoms with E-state index >= 15 is 4.39 Å². The first-order valence-corrected chi connectivity index (χ1v) is 13.8. The number of alkyl halides is 3. The smallest absolute Gasteiger partial charge is 0.421 e. The third-order valence-corrected chi connectivity index (χ3v) is 7.51. The van der Waals surface area contributed by atoms with Crippen LogP contribution in [0.3, 0.4) is 0 Å². The van der Waals surface area contributed by atoms with Crippen molar-refractivity contribution in [1.29, 1.82) is 0 Å². The number of carboxylic acid groups (broad SMARTS) is 1. The van der Waals surface area contributed by atoms with Gasteiger partial charge < -0.3 is 14.7 Å². The molecule has 12 heteroatoms. The number of nitrogens with zero attached hydrogens (tertiary/aromatic N) is 4. The third-order valence-electron chi connectivity index (χ3n) is 7.51. The van der Waals surface area contributed by atoms with E-state index < -0.39 is 46.8 Å². The van der Waals surface area contributed by atoms with Gasteiger partial charge in [-0.15, -0.1) is 0 Å². The van der Waals surface area contributed by atoms with E-state index in [1.54, 1.807) is 33.8 Å². The molecule has 1 amide bonds. The van der Waals surface area contributed by atoms with E-state index in [4.69, 9.17) is 4.74 Å². The van der Waals surface area contributed by atoms with Crippen molar-refractivity contribution in [2.24, 2.45) is 11.8 Å². The molecule has 1 N–H and O–H groups in total. The second-order valence-electron chi connectivity index (χ2n) is 11.2. The SMILES string of the molecule is Cc1cc(C)n(Cc2cnc(Oc3cc(C(=O)O)c(N(C(=O)C4CCC(C)CC4)C(C)C)cc3F)c(C(F)(F)F)c2)n1. The van der Waals surface area contributed by atoms with Crippen molar-refractivity contribution in [3.05, 3.63) is 64.4 Å². The van der Waals surface area contributed by atoms with E-state index in [9.17, 15) is 27.9 Å². The Bertz CT molecular complexity index is 1480. The third kappa shape index (κ3) is 6.74. The van der Waals surface area contributed by atoms with Crippen LogP contribution in [-0.4, -0.2) is 37.8 Å². The second-order valence-corrected chi connectivity index (χ2v) is 11.2. The quantitative estimate of drug-likeness (QED) is 0.280. The average molecular weight is 591 g/mol. The van der Waals surface area contributed by atoms with E-state index in [1.807, 2.05) is 0 Å². The summed E-state index contributed by atoms with van der Waals surface area (Å²) in [4.78, 5) is 30.8. The van der Waals surface area contributed by atoms with Gasteiger partial charge in [0.15, 0.2) is 11.6 Å². The summed E-state index contributed by atoms with van der Waals surface area (Å²) in [6.07, 6.45) is -0.769. The van der Waals surface area contributed by atoms with Gasteiger partial charge in [0.1, 0.15) is 5.56 Å². The van der Waals surface area contributed by atoms with Gasteiger partial charge in [-0.3, -0.25) is 9.48 Å². The summed E-state index contributed by atoms with van der Waals surface area (Å²) >= 11 is 0. The topological polar surface area (TPSA) is 97.5 Å². The number of aromatic carboxylic acids is 1. The molecule has 0 radical (unpaired) electrons. The van der Waals surface area contributed by atoms with E-state index in [0.717, 1.165) is 42.9 Å². The van der Waals surface area contributed by atoms with Crippen molar-refractivity contribution >= 4 is 17.6 Å². The Morgan fingerprint density at radius 3 is 2.33 bits per heavy atom. The molecule has 2 heterocycles. The van der Waals surface area contributed by atoms with Gasteiger partial charge in [0, 0.05) is 36.0 Å². The molecule has 1 aliphatic carbocycles. The fourth-order valence-electron chi connectivity index (χ4n) is 5.33. The highest BCUT2D eigenvalue weighted by Crippen LogP contribution is 2.40.